The van der Waals surface area contributed by atoms with Gasteiger partial charge in [-0.15, -0.1) is 0 Å². The Balaban J connectivity index is 2.21. The highest BCUT2D eigenvalue weighted by atomic mass is 35.5. The summed E-state index contributed by atoms with van der Waals surface area (Å²) in [6, 6.07) is 1.13. The van der Waals surface area contributed by atoms with Crippen LogP contribution < -0.4 is 21.6 Å². The molecule has 2 aromatic heterocycles. The van der Waals surface area contributed by atoms with Crippen LogP contribution in [-0.4, -0.2) is 53.5 Å². The van der Waals surface area contributed by atoms with Crippen LogP contribution in [0, 0.1) is 23.4 Å². The van der Waals surface area contributed by atoms with Crippen LogP contribution in [0.3, 0.4) is 0 Å². The quantitative estimate of drug-likeness (QED) is 0.132. The number of piperazine rings is 1. The number of nitrogens with one attached hydrogen (secondary N) is 1. The van der Waals surface area contributed by atoms with Crippen LogP contribution in [0.1, 0.15) is 20.8 Å². The Morgan fingerprint density at radius 3 is 2.40 bits per heavy atom. The fraction of sp³-hybridized carbons (Fsp3) is 0.333. The highest BCUT2D eigenvalue weighted by Gasteiger charge is 2.29. The third-order valence-electron chi connectivity index (χ3n) is 6.69. The number of nitrogens with two attached hydrogens (primary N) is 1. The maximum atomic E-state index is 15.9. The lowest BCUT2D eigenvalue weighted by Gasteiger charge is -2.30. The topological polar surface area (TPSA) is 101 Å². The van der Waals surface area contributed by atoms with Gasteiger partial charge in [0.05, 0.1) is 32.5 Å². The third kappa shape index (κ3) is 4.97. The van der Waals surface area contributed by atoms with Crippen molar-refractivity contribution < 1.29 is 13.2 Å². The molecular formula is C27H28Cl2F3N7O. The molecule has 0 amide bonds. The molecule has 0 aliphatic carbocycles. The van der Waals surface area contributed by atoms with Gasteiger partial charge in [0.2, 0.25) is 0 Å². The summed E-state index contributed by atoms with van der Waals surface area (Å²) >= 11 is 12.4. The van der Waals surface area contributed by atoms with Crippen molar-refractivity contribution in [2.75, 3.05) is 43.9 Å². The number of benzene rings is 1. The number of allylic oxidation sites excluding steroid dienone is 3. The maximum Gasteiger partial charge on any atom is 0.355 e. The molecule has 4 rings (SSSR count). The summed E-state index contributed by atoms with van der Waals surface area (Å²) in [5, 5.41) is 2.11. The van der Waals surface area contributed by atoms with Gasteiger partial charge in [0, 0.05) is 38.8 Å². The zero-order chi connectivity index (χ0) is 29.5. The zero-order valence-corrected chi connectivity index (χ0v) is 23.9. The molecule has 3 N–H and O–H groups in total. The number of hydrogen-bond donors (Lipinski definition) is 2. The highest BCUT2D eigenvalue weighted by molar-refractivity contribution is 6.41. The van der Waals surface area contributed by atoms with E-state index in [4.69, 9.17) is 28.9 Å². The molecule has 13 heteroatoms. The first-order valence-electron chi connectivity index (χ1n) is 12.5. The van der Waals surface area contributed by atoms with Crippen LogP contribution >= 0.6 is 23.2 Å². The van der Waals surface area contributed by atoms with E-state index in [1.54, 1.807) is 20.0 Å². The Morgan fingerprint density at radius 1 is 1.18 bits per heavy atom. The average Bonchev–Trinajstić information content (AvgIpc) is 2.94. The van der Waals surface area contributed by atoms with Crippen molar-refractivity contribution in [2.24, 2.45) is 10.9 Å². The second kappa shape index (κ2) is 11.6. The SMILES string of the molecule is C=C/C(C)=C(\C(=N/C)C(C)C)n1c(=O)nc(N2CCNCC2)c2cc(F)c(-c3c(Cl)c(N)c(F)c(F)c3Cl)nc21. The molecule has 1 fully saturated rings. The van der Waals surface area contributed by atoms with Crippen LogP contribution in [0.5, 0.6) is 0 Å². The number of pyridine rings is 1. The van der Waals surface area contributed by atoms with Gasteiger partial charge in [-0.25, -0.2) is 27.5 Å². The smallest absolute Gasteiger partial charge is 0.355 e. The van der Waals surface area contributed by atoms with Gasteiger partial charge in [-0.1, -0.05) is 49.7 Å². The fourth-order valence-electron chi connectivity index (χ4n) is 4.69. The number of aromatic nitrogens is 3. The molecule has 40 heavy (non-hydrogen) atoms. The van der Waals surface area contributed by atoms with E-state index in [-0.39, 0.29) is 22.8 Å². The van der Waals surface area contributed by atoms with Gasteiger partial charge in [-0.2, -0.15) is 4.98 Å². The molecule has 0 saturated carbocycles. The molecular weight excluding hydrogens is 566 g/mol. The molecule has 0 spiro atoms. The Kier molecular flexibility index (Phi) is 8.57. The summed E-state index contributed by atoms with van der Waals surface area (Å²) in [7, 11) is 1.59. The number of hydrogen-bond acceptors (Lipinski definition) is 7. The molecule has 1 saturated heterocycles. The molecule has 3 aromatic rings. The molecule has 3 heterocycles. The molecule has 0 radical (unpaired) electrons. The molecule has 0 atom stereocenters. The van der Waals surface area contributed by atoms with E-state index in [1.165, 1.54) is 4.57 Å². The van der Waals surface area contributed by atoms with Crippen molar-refractivity contribution >= 4 is 57.1 Å². The van der Waals surface area contributed by atoms with Gasteiger partial charge >= 0.3 is 5.69 Å². The van der Waals surface area contributed by atoms with Crippen molar-refractivity contribution in [3.05, 3.63) is 62.3 Å². The lowest BCUT2D eigenvalue weighted by atomic mass is 10.0. The highest BCUT2D eigenvalue weighted by Crippen LogP contribution is 2.43. The van der Waals surface area contributed by atoms with Crippen molar-refractivity contribution in [1.82, 2.24) is 19.9 Å². The normalized spacial score (nSPS) is 15.2. The molecule has 0 bridgehead atoms. The molecule has 1 aliphatic rings. The lowest BCUT2D eigenvalue weighted by Crippen LogP contribution is -2.45. The maximum absolute atomic E-state index is 15.9. The van der Waals surface area contributed by atoms with Crippen LogP contribution in [0.4, 0.5) is 24.7 Å². The van der Waals surface area contributed by atoms with Crippen LogP contribution in [0.2, 0.25) is 10.0 Å². The summed E-state index contributed by atoms with van der Waals surface area (Å²) in [5.41, 5.74) is 4.69. The summed E-state index contributed by atoms with van der Waals surface area (Å²) < 4.78 is 45.9. The Hall–Kier alpha value is -3.41. The van der Waals surface area contributed by atoms with E-state index in [2.05, 4.69) is 26.9 Å². The minimum absolute atomic E-state index is 0.0154. The number of aliphatic imine (C=N–C) groups is 1. The largest absolute Gasteiger partial charge is 0.395 e. The predicted molar refractivity (Wildman–Crippen MR) is 156 cm³/mol. The Morgan fingerprint density at radius 2 is 1.82 bits per heavy atom. The number of nitrogen functional groups attached to an aromatic ring is 1. The first kappa shape index (κ1) is 29.6. The molecule has 1 aromatic carbocycles. The van der Waals surface area contributed by atoms with E-state index < -0.39 is 50.1 Å². The fourth-order valence-corrected chi connectivity index (χ4v) is 5.27. The van der Waals surface area contributed by atoms with E-state index in [9.17, 15) is 13.6 Å². The molecule has 1 aliphatic heterocycles. The number of nitrogens with zero attached hydrogens (tertiary/aromatic N) is 5. The Bertz CT molecular complexity index is 1610. The number of rotatable bonds is 6. The minimum atomic E-state index is -1.50. The van der Waals surface area contributed by atoms with E-state index >= 15 is 4.39 Å². The first-order valence-corrected chi connectivity index (χ1v) is 13.2. The number of anilines is 2. The first-order chi connectivity index (χ1) is 18.9. The number of fused-ring (bicyclic) bond motifs is 1. The van der Waals surface area contributed by atoms with Crippen molar-refractivity contribution in [2.45, 2.75) is 20.8 Å². The predicted octanol–water partition coefficient (Wildman–Crippen LogP) is 5.32. The Labute approximate surface area is 239 Å². The second-order valence-electron chi connectivity index (χ2n) is 9.52. The summed E-state index contributed by atoms with van der Waals surface area (Å²) in [5.74, 6) is -3.83. The van der Waals surface area contributed by atoms with Gasteiger partial charge in [0.1, 0.15) is 17.3 Å². The van der Waals surface area contributed by atoms with Crippen molar-refractivity contribution in [3.63, 3.8) is 0 Å². The summed E-state index contributed by atoms with van der Waals surface area (Å²) in [4.78, 5) is 28.9. The van der Waals surface area contributed by atoms with Crippen molar-refractivity contribution in [1.29, 1.82) is 0 Å². The summed E-state index contributed by atoms with van der Waals surface area (Å²) in [6.45, 7) is 11.7. The molecule has 0 unspecified atom stereocenters. The van der Waals surface area contributed by atoms with Gasteiger partial charge in [0.25, 0.3) is 0 Å². The van der Waals surface area contributed by atoms with Gasteiger partial charge < -0.3 is 16.0 Å². The van der Waals surface area contributed by atoms with Crippen LogP contribution in [-0.2, 0) is 0 Å². The minimum Gasteiger partial charge on any atom is -0.395 e. The van der Waals surface area contributed by atoms with Gasteiger partial charge in [-0.3, -0.25) is 4.99 Å². The monoisotopic (exact) mass is 593 g/mol. The molecule has 212 valence electrons. The van der Waals surface area contributed by atoms with Gasteiger partial charge in [0.15, 0.2) is 17.3 Å². The van der Waals surface area contributed by atoms with Crippen LogP contribution in [0.15, 0.2) is 34.1 Å². The van der Waals surface area contributed by atoms with E-state index in [0.717, 1.165) is 6.07 Å². The average molecular weight is 594 g/mol. The van der Waals surface area contributed by atoms with E-state index in [1.807, 2.05) is 18.7 Å². The van der Waals surface area contributed by atoms with Crippen molar-refractivity contribution in [3.8, 4) is 11.3 Å². The van der Waals surface area contributed by atoms with E-state index in [0.29, 0.717) is 43.2 Å². The third-order valence-corrected chi connectivity index (χ3v) is 7.43. The summed E-state index contributed by atoms with van der Waals surface area (Å²) in [6.07, 6.45) is 1.56. The van der Waals surface area contributed by atoms with Gasteiger partial charge in [-0.05, 0) is 24.5 Å². The standard InChI is InChI=1S/C27H28Cl2F3N7O/c1-6-13(4)24(22(34-5)12(2)3)39-26-14(25(37-27(39)40)38-9-7-35-8-10-38)11-15(30)23(36-26)16-17(28)19(31)20(32)21(33)18(16)29/h6,11-12,35H,1,7-10,33H2,2-5H3/b24-13+,34-22-. The lowest BCUT2D eigenvalue weighted by molar-refractivity contribution is 0.512. The van der Waals surface area contributed by atoms with Crippen LogP contribution in [0.25, 0.3) is 28.0 Å². The molecule has 8 nitrogen and oxygen atoms in total. The second-order valence-corrected chi connectivity index (χ2v) is 10.3. The zero-order valence-electron chi connectivity index (χ0n) is 22.4. The number of halogens is 5.